The van der Waals surface area contributed by atoms with Crippen molar-refractivity contribution in [1.82, 2.24) is 4.57 Å². The van der Waals surface area contributed by atoms with E-state index in [4.69, 9.17) is 17.3 Å². The molecule has 3 nitrogen and oxygen atoms in total. The lowest BCUT2D eigenvalue weighted by Crippen LogP contribution is -2.11. The van der Waals surface area contributed by atoms with Crippen LogP contribution in [-0.2, 0) is 12.7 Å². The Bertz CT molecular complexity index is 1230. The molecule has 0 fully saturated rings. The molecule has 1 amide bonds. The van der Waals surface area contributed by atoms with Gasteiger partial charge in [0.1, 0.15) is 0 Å². The average molecular weight is 403 g/mol. The first kappa shape index (κ1) is 18.4. The number of fused-ring (bicyclic) bond motifs is 3. The smallest absolute Gasteiger partial charge is 0.366 e. The number of aromatic nitrogens is 1. The Hall–Kier alpha value is -2.99. The van der Waals surface area contributed by atoms with Crippen LogP contribution in [0.3, 0.4) is 0 Å². The van der Waals surface area contributed by atoms with Gasteiger partial charge in [0.05, 0.1) is 21.6 Å². The van der Waals surface area contributed by atoms with Crippen molar-refractivity contribution in [3.05, 3.63) is 82.4 Å². The number of alkyl halides is 3. The lowest BCUT2D eigenvalue weighted by atomic mass is 10.1. The third-order valence-corrected chi connectivity index (χ3v) is 5.02. The second-order valence-corrected chi connectivity index (χ2v) is 6.89. The van der Waals surface area contributed by atoms with Crippen molar-refractivity contribution < 1.29 is 18.0 Å². The number of primary amides is 1. The molecule has 0 saturated carbocycles. The van der Waals surface area contributed by atoms with E-state index in [9.17, 15) is 18.0 Å². The van der Waals surface area contributed by atoms with Crippen molar-refractivity contribution in [3.8, 4) is 0 Å². The summed E-state index contributed by atoms with van der Waals surface area (Å²) < 4.78 is 41.1. The minimum atomic E-state index is -4.42. The van der Waals surface area contributed by atoms with Gasteiger partial charge in [0, 0.05) is 22.9 Å². The van der Waals surface area contributed by atoms with E-state index in [1.54, 1.807) is 36.4 Å². The second kappa shape index (κ2) is 6.56. The third kappa shape index (κ3) is 2.99. The Morgan fingerprint density at radius 2 is 1.75 bits per heavy atom. The van der Waals surface area contributed by atoms with Crippen LogP contribution >= 0.6 is 11.6 Å². The number of amides is 1. The van der Waals surface area contributed by atoms with Crippen LogP contribution < -0.4 is 5.73 Å². The molecule has 4 rings (SSSR count). The van der Waals surface area contributed by atoms with E-state index in [-0.39, 0.29) is 6.54 Å². The molecule has 0 saturated heterocycles. The monoisotopic (exact) mass is 402 g/mol. The molecule has 0 atom stereocenters. The summed E-state index contributed by atoms with van der Waals surface area (Å²) in [5.74, 6) is -0.580. The van der Waals surface area contributed by atoms with Gasteiger partial charge in [0.15, 0.2) is 0 Å². The fourth-order valence-corrected chi connectivity index (χ4v) is 3.83. The molecule has 0 aliphatic heterocycles. The lowest BCUT2D eigenvalue weighted by Gasteiger charge is -2.12. The van der Waals surface area contributed by atoms with Crippen LogP contribution in [0.15, 0.2) is 60.7 Å². The van der Waals surface area contributed by atoms with Crippen LogP contribution in [-0.4, -0.2) is 10.5 Å². The Morgan fingerprint density at radius 1 is 1.04 bits per heavy atom. The van der Waals surface area contributed by atoms with Gasteiger partial charge < -0.3 is 10.3 Å². The van der Waals surface area contributed by atoms with E-state index < -0.39 is 17.6 Å². The number of benzene rings is 3. The van der Waals surface area contributed by atoms with Gasteiger partial charge in [-0.3, -0.25) is 4.79 Å². The number of para-hydroxylation sites is 1. The Labute approximate surface area is 163 Å². The van der Waals surface area contributed by atoms with Crippen LogP contribution in [0.1, 0.15) is 21.5 Å². The highest BCUT2D eigenvalue weighted by Gasteiger charge is 2.30. The van der Waals surface area contributed by atoms with Crippen LogP contribution in [0.25, 0.3) is 21.8 Å². The van der Waals surface area contributed by atoms with Crippen molar-refractivity contribution in [2.45, 2.75) is 12.7 Å². The zero-order valence-corrected chi connectivity index (χ0v) is 15.2. The van der Waals surface area contributed by atoms with Gasteiger partial charge in [-0.1, -0.05) is 41.9 Å². The third-order valence-electron chi connectivity index (χ3n) is 4.72. The van der Waals surface area contributed by atoms with Crippen molar-refractivity contribution >= 4 is 39.3 Å². The molecule has 28 heavy (non-hydrogen) atoms. The fourth-order valence-electron chi connectivity index (χ4n) is 3.56. The molecule has 0 spiro atoms. The highest BCUT2D eigenvalue weighted by atomic mass is 35.5. The Kier molecular flexibility index (Phi) is 4.31. The second-order valence-electron chi connectivity index (χ2n) is 6.48. The predicted molar refractivity (Wildman–Crippen MR) is 104 cm³/mol. The van der Waals surface area contributed by atoms with Gasteiger partial charge in [-0.05, 0) is 35.9 Å². The zero-order valence-electron chi connectivity index (χ0n) is 14.4. The van der Waals surface area contributed by atoms with Crippen molar-refractivity contribution in [2.24, 2.45) is 5.73 Å². The highest BCUT2D eigenvalue weighted by molar-refractivity contribution is 6.37. The highest BCUT2D eigenvalue weighted by Crippen LogP contribution is 2.36. The van der Waals surface area contributed by atoms with Gasteiger partial charge in [-0.25, -0.2) is 0 Å². The number of rotatable bonds is 3. The maximum Gasteiger partial charge on any atom is 0.416 e. The minimum absolute atomic E-state index is 0.163. The molecule has 0 unspecified atom stereocenters. The molecule has 142 valence electrons. The number of hydrogen-bond donors (Lipinski definition) is 1. The summed E-state index contributed by atoms with van der Waals surface area (Å²) in [4.78, 5) is 11.9. The first-order chi connectivity index (χ1) is 13.3. The van der Waals surface area contributed by atoms with Gasteiger partial charge in [0.25, 0.3) is 0 Å². The summed E-state index contributed by atoms with van der Waals surface area (Å²) >= 11 is 6.42. The molecule has 2 N–H and O–H groups in total. The standard InChI is InChI=1S/C21H14ClF3N2O/c22-16-8-2-6-14-18-15(20(26)28)7-3-9-17(18)27(19(14)16)11-12-4-1-5-13(10-12)21(23,24)25/h1-10H,11H2,(H2,26,28). The molecule has 3 aromatic carbocycles. The first-order valence-electron chi connectivity index (χ1n) is 8.43. The number of carbonyl (C=O) groups excluding carboxylic acids is 1. The molecular weight excluding hydrogens is 389 g/mol. The largest absolute Gasteiger partial charge is 0.416 e. The predicted octanol–water partition coefficient (Wildman–Crippen LogP) is 5.61. The summed E-state index contributed by atoms with van der Waals surface area (Å²) in [6.07, 6.45) is -4.42. The van der Waals surface area contributed by atoms with Gasteiger partial charge >= 0.3 is 6.18 Å². The van der Waals surface area contributed by atoms with E-state index in [1.165, 1.54) is 6.07 Å². The normalized spacial score (nSPS) is 12.0. The number of hydrogen-bond acceptors (Lipinski definition) is 1. The van der Waals surface area contributed by atoms with Crippen molar-refractivity contribution in [1.29, 1.82) is 0 Å². The number of halogens is 4. The molecule has 0 radical (unpaired) electrons. The Balaban J connectivity index is 1.99. The molecule has 4 aromatic rings. The molecule has 0 bridgehead atoms. The zero-order chi connectivity index (χ0) is 20.1. The summed E-state index contributed by atoms with van der Waals surface area (Å²) in [6.45, 7) is 0.163. The van der Waals surface area contributed by atoms with Crippen LogP contribution in [0, 0.1) is 0 Å². The number of nitrogens with zero attached hydrogens (tertiary/aromatic N) is 1. The van der Waals surface area contributed by atoms with Gasteiger partial charge in [-0.15, -0.1) is 0 Å². The summed E-state index contributed by atoms with van der Waals surface area (Å²) in [5, 5.41) is 1.81. The van der Waals surface area contributed by atoms with Crippen LogP contribution in [0.2, 0.25) is 5.02 Å². The van der Waals surface area contributed by atoms with E-state index in [1.807, 2.05) is 10.6 Å². The van der Waals surface area contributed by atoms with Gasteiger partial charge in [0.2, 0.25) is 5.91 Å². The van der Waals surface area contributed by atoms with E-state index in [0.717, 1.165) is 17.5 Å². The van der Waals surface area contributed by atoms with Crippen LogP contribution in [0.5, 0.6) is 0 Å². The quantitative estimate of drug-likeness (QED) is 0.475. The SMILES string of the molecule is NC(=O)c1cccc2c1c1cccc(Cl)c1n2Cc1cccc(C(F)(F)F)c1. The van der Waals surface area contributed by atoms with E-state index in [0.29, 0.717) is 32.6 Å². The molecular formula is C21H14ClF3N2O. The Morgan fingerprint density at radius 3 is 2.46 bits per heavy atom. The molecule has 1 aromatic heterocycles. The molecule has 0 aliphatic rings. The van der Waals surface area contributed by atoms with E-state index >= 15 is 0 Å². The maximum absolute atomic E-state index is 13.1. The number of nitrogens with two attached hydrogens (primary N) is 1. The lowest BCUT2D eigenvalue weighted by molar-refractivity contribution is -0.137. The molecule has 0 aliphatic carbocycles. The summed E-state index contributed by atoms with van der Waals surface area (Å²) in [5.41, 5.74) is 6.95. The van der Waals surface area contributed by atoms with Crippen molar-refractivity contribution in [3.63, 3.8) is 0 Å². The summed E-state index contributed by atoms with van der Waals surface area (Å²) in [6, 6.07) is 15.6. The fraction of sp³-hybridized carbons (Fsp3) is 0.0952. The maximum atomic E-state index is 13.1. The van der Waals surface area contributed by atoms with E-state index in [2.05, 4.69) is 0 Å². The topological polar surface area (TPSA) is 48.0 Å². The minimum Gasteiger partial charge on any atom is -0.366 e. The number of carbonyl (C=O) groups is 1. The molecule has 7 heteroatoms. The first-order valence-corrected chi connectivity index (χ1v) is 8.80. The van der Waals surface area contributed by atoms with Crippen LogP contribution in [0.4, 0.5) is 13.2 Å². The average Bonchev–Trinajstić information content (AvgIpc) is 2.96. The van der Waals surface area contributed by atoms with Crippen molar-refractivity contribution in [2.75, 3.05) is 0 Å². The summed E-state index contributed by atoms with van der Waals surface area (Å²) in [7, 11) is 0. The van der Waals surface area contributed by atoms with Gasteiger partial charge in [-0.2, -0.15) is 13.2 Å². The molecule has 1 heterocycles.